The average Bonchev–Trinajstić information content (AvgIpc) is 3.21. The number of carbonyl (C=O) groups excluding carboxylic acids is 1. The van der Waals surface area contributed by atoms with Gasteiger partial charge in [-0.2, -0.15) is 10.2 Å². The summed E-state index contributed by atoms with van der Waals surface area (Å²) in [4.78, 5) is 12.6. The molecule has 25 heavy (non-hydrogen) atoms. The second kappa shape index (κ2) is 6.18. The number of aromatic nitrogens is 4. The maximum atomic E-state index is 12.6. The molecule has 4 aromatic rings. The molecule has 0 spiro atoms. The van der Waals surface area contributed by atoms with Crippen LogP contribution in [0, 0.1) is 6.92 Å². The smallest absolute Gasteiger partial charge is 0.259 e. The zero-order chi connectivity index (χ0) is 17.4. The van der Waals surface area contributed by atoms with Gasteiger partial charge in [0.25, 0.3) is 5.91 Å². The van der Waals surface area contributed by atoms with E-state index in [0.717, 1.165) is 32.4 Å². The second-order valence-electron chi connectivity index (χ2n) is 5.66. The van der Waals surface area contributed by atoms with Crippen molar-refractivity contribution in [3.8, 4) is 5.69 Å². The molecule has 1 amide bonds. The molecule has 0 aliphatic carbocycles. The van der Waals surface area contributed by atoms with E-state index in [1.54, 1.807) is 17.1 Å². The van der Waals surface area contributed by atoms with E-state index in [1.165, 1.54) is 0 Å². The molecule has 2 aromatic heterocycles. The molecule has 0 atom stereocenters. The lowest BCUT2D eigenvalue weighted by atomic mass is 10.2. The molecule has 0 fully saturated rings. The second-order valence-corrected chi connectivity index (χ2v) is 6.57. The summed E-state index contributed by atoms with van der Waals surface area (Å²) in [6, 6.07) is 13.4. The van der Waals surface area contributed by atoms with Crippen LogP contribution in [0.5, 0.6) is 0 Å². The van der Waals surface area contributed by atoms with Crippen LogP contribution in [-0.2, 0) is 0 Å². The third kappa shape index (κ3) is 2.94. The molecule has 124 valence electrons. The van der Waals surface area contributed by atoms with Crippen molar-refractivity contribution in [2.45, 2.75) is 6.92 Å². The Bertz CT molecular complexity index is 1060. The van der Waals surface area contributed by atoms with Crippen molar-refractivity contribution in [3.05, 3.63) is 70.6 Å². The van der Waals surface area contributed by atoms with E-state index < -0.39 is 0 Å². The first-order chi connectivity index (χ1) is 12.1. The Balaban J connectivity index is 1.61. The Kier molecular flexibility index (Phi) is 3.85. The third-order valence-corrected chi connectivity index (χ3v) is 4.55. The Hall–Kier alpha value is -2.93. The molecule has 2 heterocycles. The summed E-state index contributed by atoms with van der Waals surface area (Å²) >= 11 is 3.42. The van der Waals surface area contributed by atoms with E-state index >= 15 is 0 Å². The topological polar surface area (TPSA) is 75.6 Å². The van der Waals surface area contributed by atoms with E-state index in [1.807, 2.05) is 49.4 Å². The number of amides is 1. The number of nitrogens with zero attached hydrogens (tertiary/aromatic N) is 3. The maximum Gasteiger partial charge on any atom is 0.259 e. The molecule has 7 heteroatoms. The fraction of sp³-hybridized carbons (Fsp3) is 0.0556. The Morgan fingerprint density at radius 2 is 1.96 bits per heavy atom. The molecule has 0 aliphatic heterocycles. The predicted octanol–water partition coefficient (Wildman–Crippen LogP) is 4.07. The molecule has 6 nitrogen and oxygen atoms in total. The summed E-state index contributed by atoms with van der Waals surface area (Å²) < 4.78 is 2.74. The van der Waals surface area contributed by atoms with Crippen molar-refractivity contribution in [2.75, 3.05) is 5.32 Å². The lowest BCUT2D eigenvalue weighted by Gasteiger charge is -2.07. The van der Waals surface area contributed by atoms with Crippen molar-refractivity contribution in [2.24, 2.45) is 0 Å². The van der Waals surface area contributed by atoms with Gasteiger partial charge in [-0.1, -0.05) is 15.9 Å². The van der Waals surface area contributed by atoms with Gasteiger partial charge in [0, 0.05) is 15.5 Å². The molecular weight excluding hydrogens is 382 g/mol. The van der Waals surface area contributed by atoms with Crippen molar-refractivity contribution >= 4 is 38.4 Å². The third-order valence-electron chi connectivity index (χ3n) is 4.02. The fourth-order valence-electron chi connectivity index (χ4n) is 2.69. The first-order valence-corrected chi connectivity index (χ1v) is 8.46. The van der Waals surface area contributed by atoms with Gasteiger partial charge in [-0.05, 0) is 49.4 Å². The van der Waals surface area contributed by atoms with Crippen molar-refractivity contribution in [1.82, 2.24) is 20.0 Å². The molecule has 0 radical (unpaired) electrons. The fourth-order valence-corrected chi connectivity index (χ4v) is 2.96. The van der Waals surface area contributed by atoms with Crippen LogP contribution in [-0.4, -0.2) is 25.9 Å². The summed E-state index contributed by atoms with van der Waals surface area (Å²) in [6.07, 6.45) is 3.31. The zero-order valence-corrected chi connectivity index (χ0v) is 14.9. The molecule has 2 aromatic carbocycles. The van der Waals surface area contributed by atoms with Gasteiger partial charge in [0.2, 0.25) is 0 Å². The van der Waals surface area contributed by atoms with Crippen LogP contribution >= 0.6 is 15.9 Å². The van der Waals surface area contributed by atoms with Crippen molar-refractivity contribution in [1.29, 1.82) is 0 Å². The number of halogens is 1. The average molecular weight is 396 g/mol. The highest BCUT2D eigenvalue weighted by atomic mass is 79.9. The Labute approximate surface area is 152 Å². The number of hydrogen-bond donors (Lipinski definition) is 2. The lowest BCUT2D eigenvalue weighted by molar-refractivity contribution is 0.102. The summed E-state index contributed by atoms with van der Waals surface area (Å²) in [5, 5.41) is 15.1. The van der Waals surface area contributed by atoms with E-state index in [9.17, 15) is 4.79 Å². The van der Waals surface area contributed by atoms with Gasteiger partial charge in [-0.3, -0.25) is 9.89 Å². The van der Waals surface area contributed by atoms with Gasteiger partial charge in [0.05, 0.1) is 34.9 Å². The first kappa shape index (κ1) is 15.6. The lowest BCUT2D eigenvalue weighted by Crippen LogP contribution is -2.13. The molecule has 0 saturated heterocycles. The highest BCUT2D eigenvalue weighted by molar-refractivity contribution is 9.10. The minimum absolute atomic E-state index is 0.191. The van der Waals surface area contributed by atoms with E-state index in [-0.39, 0.29) is 5.91 Å². The Morgan fingerprint density at radius 1 is 1.16 bits per heavy atom. The van der Waals surface area contributed by atoms with E-state index in [4.69, 9.17) is 0 Å². The van der Waals surface area contributed by atoms with Gasteiger partial charge >= 0.3 is 0 Å². The summed E-state index contributed by atoms with van der Waals surface area (Å²) in [5.74, 6) is -0.191. The minimum atomic E-state index is -0.191. The largest absolute Gasteiger partial charge is 0.322 e. The van der Waals surface area contributed by atoms with Crippen LogP contribution in [0.3, 0.4) is 0 Å². The van der Waals surface area contributed by atoms with Crippen LogP contribution in [0.15, 0.2) is 59.3 Å². The highest BCUT2D eigenvalue weighted by Crippen LogP contribution is 2.20. The normalized spacial score (nSPS) is 11.0. The van der Waals surface area contributed by atoms with Crippen molar-refractivity contribution < 1.29 is 4.79 Å². The van der Waals surface area contributed by atoms with E-state index in [0.29, 0.717) is 5.56 Å². The van der Waals surface area contributed by atoms with Crippen LogP contribution in [0.1, 0.15) is 16.1 Å². The quantitative estimate of drug-likeness (QED) is 0.548. The predicted molar refractivity (Wildman–Crippen MR) is 100 cm³/mol. The van der Waals surface area contributed by atoms with Crippen LogP contribution in [0.25, 0.3) is 16.6 Å². The van der Waals surface area contributed by atoms with Crippen LogP contribution in [0.2, 0.25) is 0 Å². The molecule has 4 rings (SSSR count). The molecule has 0 aliphatic rings. The summed E-state index contributed by atoms with van der Waals surface area (Å²) in [7, 11) is 0. The number of fused-ring (bicyclic) bond motifs is 1. The number of anilines is 1. The SMILES string of the molecule is Cc1c(C(=O)Nc2ccc3[nH]ncc3c2)cnn1-c1ccc(Br)cc1. The number of aromatic amines is 1. The number of nitrogens with one attached hydrogen (secondary N) is 2. The highest BCUT2D eigenvalue weighted by Gasteiger charge is 2.15. The number of carbonyl (C=O) groups is 1. The van der Waals surface area contributed by atoms with Gasteiger partial charge in [-0.25, -0.2) is 4.68 Å². The molecular formula is C18H14BrN5O. The summed E-state index contributed by atoms with van der Waals surface area (Å²) in [5.41, 5.74) is 3.87. The first-order valence-electron chi connectivity index (χ1n) is 7.67. The van der Waals surface area contributed by atoms with Crippen LogP contribution in [0.4, 0.5) is 5.69 Å². The number of benzene rings is 2. The maximum absolute atomic E-state index is 12.6. The molecule has 0 saturated carbocycles. The minimum Gasteiger partial charge on any atom is -0.322 e. The summed E-state index contributed by atoms with van der Waals surface area (Å²) in [6.45, 7) is 1.88. The zero-order valence-electron chi connectivity index (χ0n) is 13.3. The Morgan fingerprint density at radius 3 is 2.76 bits per heavy atom. The molecule has 2 N–H and O–H groups in total. The molecule has 0 bridgehead atoms. The number of H-pyrrole nitrogens is 1. The standard InChI is InChI=1S/C18H14BrN5O/c1-11-16(10-21-24(11)15-5-2-13(19)3-6-15)18(25)22-14-4-7-17-12(8-14)9-20-23-17/h2-10H,1H3,(H,20,23)(H,22,25). The van der Waals surface area contributed by atoms with Crippen molar-refractivity contribution in [3.63, 3.8) is 0 Å². The number of rotatable bonds is 3. The van der Waals surface area contributed by atoms with Gasteiger partial charge < -0.3 is 5.32 Å². The molecule has 0 unspecified atom stereocenters. The van der Waals surface area contributed by atoms with Gasteiger partial charge in [0.1, 0.15) is 0 Å². The number of hydrogen-bond acceptors (Lipinski definition) is 3. The van der Waals surface area contributed by atoms with Crippen LogP contribution < -0.4 is 5.32 Å². The monoisotopic (exact) mass is 395 g/mol. The van der Waals surface area contributed by atoms with E-state index in [2.05, 4.69) is 36.5 Å². The van der Waals surface area contributed by atoms with Gasteiger partial charge in [0.15, 0.2) is 0 Å². The van der Waals surface area contributed by atoms with Gasteiger partial charge in [-0.15, -0.1) is 0 Å².